The molecule has 0 bridgehead atoms. The van der Waals surface area contributed by atoms with Crippen molar-refractivity contribution in [3.8, 4) is 11.1 Å². The number of carbonyl (C=O) groups is 1. The Morgan fingerprint density at radius 2 is 1.79 bits per heavy atom. The summed E-state index contributed by atoms with van der Waals surface area (Å²) in [6, 6.07) is 18.8. The minimum Gasteiger partial charge on any atom is -0.342 e. The number of nitrogens with zero attached hydrogens (tertiary/aromatic N) is 4. The van der Waals surface area contributed by atoms with Gasteiger partial charge in [-0.15, -0.1) is 0 Å². The summed E-state index contributed by atoms with van der Waals surface area (Å²) < 4.78 is 0. The second kappa shape index (κ2) is 7.66. The highest BCUT2D eigenvalue weighted by atomic mass is 16.2. The molecule has 1 heterocycles. The van der Waals surface area contributed by atoms with Crippen LogP contribution in [0.4, 0.5) is 0 Å². The molecule has 5 heteroatoms. The molecule has 122 valence electrons. The minimum absolute atomic E-state index is 0.161. The Kier molecular flexibility index (Phi) is 5.14. The van der Waals surface area contributed by atoms with E-state index >= 15 is 0 Å². The topological polar surface area (TPSA) is 69.1 Å². The number of likely N-dealkylation sites (tertiary alicyclic amines) is 1. The fourth-order valence-electron chi connectivity index (χ4n) is 3.10. The van der Waals surface area contributed by atoms with Crippen LogP contribution < -0.4 is 0 Å². The van der Waals surface area contributed by atoms with Gasteiger partial charge in [0, 0.05) is 31.0 Å². The van der Waals surface area contributed by atoms with E-state index in [-0.39, 0.29) is 11.8 Å². The first kappa shape index (κ1) is 16.1. The summed E-state index contributed by atoms with van der Waals surface area (Å²) in [5.41, 5.74) is 12.0. The number of amides is 1. The van der Waals surface area contributed by atoms with E-state index in [1.165, 1.54) is 16.7 Å². The molecule has 0 N–H and O–H groups in total. The molecule has 24 heavy (non-hydrogen) atoms. The van der Waals surface area contributed by atoms with Crippen LogP contribution in [0.2, 0.25) is 0 Å². The van der Waals surface area contributed by atoms with Crippen LogP contribution in [0, 0.1) is 5.92 Å². The van der Waals surface area contributed by atoms with Crippen LogP contribution in [-0.4, -0.2) is 30.4 Å². The summed E-state index contributed by atoms with van der Waals surface area (Å²) in [5, 5.41) is 3.58. The molecule has 1 aliphatic rings. The van der Waals surface area contributed by atoms with E-state index in [0.29, 0.717) is 19.5 Å². The Morgan fingerprint density at radius 3 is 2.50 bits per heavy atom. The van der Waals surface area contributed by atoms with Crippen molar-refractivity contribution in [1.82, 2.24) is 4.90 Å². The predicted molar refractivity (Wildman–Crippen MR) is 94.3 cm³/mol. The summed E-state index contributed by atoms with van der Waals surface area (Å²) in [6.45, 7) is 1.82. The van der Waals surface area contributed by atoms with Crippen molar-refractivity contribution in [1.29, 1.82) is 0 Å². The Balaban J connectivity index is 1.55. The second-order valence-electron chi connectivity index (χ2n) is 6.14. The molecule has 1 saturated heterocycles. The van der Waals surface area contributed by atoms with E-state index in [0.717, 1.165) is 13.0 Å². The maximum atomic E-state index is 12.0. The molecule has 1 aliphatic heterocycles. The highest BCUT2D eigenvalue weighted by Gasteiger charge is 2.28. The van der Waals surface area contributed by atoms with Crippen LogP contribution in [0.1, 0.15) is 12.0 Å². The molecule has 1 unspecified atom stereocenters. The third kappa shape index (κ3) is 3.94. The molecule has 1 atom stereocenters. The average molecular weight is 320 g/mol. The highest BCUT2D eigenvalue weighted by molar-refractivity contribution is 5.78. The van der Waals surface area contributed by atoms with Crippen LogP contribution in [0.3, 0.4) is 0 Å². The van der Waals surface area contributed by atoms with Crippen molar-refractivity contribution in [3.05, 3.63) is 70.6 Å². The van der Waals surface area contributed by atoms with Gasteiger partial charge < -0.3 is 4.90 Å². The van der Waals surface area contributed by atoms with E-state index in [1.807, 2.05) is 23.1 Å². The number of rotatable bonds is 6. The van der Waals surface area contributed by atoms with Gasteiger partial charge in [-0.05, 0) is 34.6 Å². The van der Waals surface area contributed by atoms with E-state index in [4.69, 9.17) is 5.53 Å². The van der Waals surface area contributed by atoms with Crippen LogP contribution in [0.15, 0.2) is 59.7 Å². The van der Waals surface area contributed by atoms with E-state index < -0.39 is 0 Å². The van der Waals surface area contributed by atoms with Crippen LogP contribution in [0.25, 0.3) is 21.6 Å². The van der Waals surface area contributed by atoms with Gasteiger partial charge in [-0.2, -0.15) is 0 Å². The van der Waals surface area contributed by atoms with Crippen LogP contribution in [0.5, 0.6) is 0 Å². The van der Waals surface area contributed by atoms with Gasteiger partial charge in [-0.3, -0.25) is 4.79 Å². The summed E-state index contributed by atoms with van der Waals surface area (Å²) in [4.78, 5) is 16.6. The fraction of sp³-hybridized carbons (Fsp3) is 0.316. The molecule has 5 nitrogen and oxygen atoms in total. The summed E-state index contributed by atoms with van der Waals surface area (Å²) in [7, 11) is 0. The Labute approximate surface area is 141 Å². The molecule has 2 aromatic carbocycles. The molecule has 0 radical (unpaired) electrons. The third-order valence-electron chi connectivity index (χ3n) is 4.43. The van der Waals surface area contributed by atoms with Crippen molar-refractivity contribution < 1.29 is 4.79 Å². The molecule has 1 fully saturated rings. The normalized spacial score (nSPS) is 16.9. The van der Waals surface area contributed by atoms with Gasteiger partial charge >= 0.3 is 0 Å². The first-order valence-electron chi connectivity index (χ1n) is 8.19. The number of hydrogen-bond donors (Lipinski definition) is 0. The number of azide groups is 1. The predicted octanol–water partition coefficient (Wildman–Crippen LogP) is 4.05. The summed E-state index contributed by atoms with van der Waals surface area (Å²) >= 11 is 0. The molecule has 0 aromatic heterocycles. The van der Waals surface area contributed by atoms with Gasteiger partial charge in [-0.1, -0.05) is 59.7 Å². The molecule has 0 saturated carbocycles. The Morgan fingerprint density at radius 1 is 1.08 bits per heavy atom. The monoisotopic (exact) mass is 320 g/mol. The van der Waals surface area contributed by atoms with Crippen molar-refractivity contribution in [2.24, 2.45) is 11.0 Å². The van der Waals surface area contributed by atoms with Crippen LogP contribution >= 0.6 is 0 Å². The summed E-state index contributed by atoms with van der Waals surface area (Å²) in [6.07, 6.45) is 1.33. The van der Waals surface area contributed by atoms with E-state index in [1.54, 1.807) is 0 Å². The lowest BCUT2D eigenvalue weighted by molar-refractivity contribution is -0.127. The first-order chi connectivity index (χ1) is 11.8. The fourth-order valence-corrected chi connectivity index (χ4v) is 3.10. The zero-order chi connectivity index (χ0) is 16.8. The Bertz CT molecular complexity index is 736. The molecule has 1 amide bonds. The third-order valence-corrected chi connectivity index (χ3v) is 4.43. The number of hydrogen-bond acceptors (Lipinski definition) is 2. The van der Waals surface area contributed by atoms with Crippen molar-refractivity contribution >= 4 is 5.91 Å². The minimum atomic E-state index is 0.161. The van der Waals surface area contributed by atoms with Gasteiger partial charge in [-0.25, -0.2) is 0 Å². The quantitative estimate of drug-likeness (QED) is 0.449. The zero-order valence-corrected chi connectivity index (χ0v) is 13.5. The van der Waals surface area contributed by atoms with E-state index in [9.17, 15) is 4.79 Å². The molecule has 0 spiro atoms. The van der Waals surface area contributed by atoms with Gasteiger partial charge in [0.25, 0.3) is 0 Å². The van der Waals surface area contributed by atoms with Crippen LogP contribution in [-0.2, 0) is 11.2 Å². The molecular formula is C19H20N4O. The smallest absolute Gasteiger partial charge is 0.222 e. The molecule has 3 rings (SSSR count). The van der Waals surface area contributed by atoms with Gasteiger partial charge in [0.05, 0.1) is 0 Å². The SMILES string of the molecule is [N-]=[N+]=NCC1CC(=O)N(CCc2ccc(-c3ccccc3)cc2)C1. The second-order valence-corrected chi connectivity index (χ2v) is 6.14. The zero-order valence-electron chi connectivity index (χ0n) is 13.5. The highest BCUT2D eigenvalue weighted by Crippen LogP contribution is 2.21. The van der Waals surface area contributed by atoms with Gasteiger partial charge in [0.2, 0.25) is 5.91 Å². The lowest BCUT2D eigenvalue weighted by atomic mass is 10.0. The van der Waals surface area contributed by atoms with Gasteiger partial charge in [0.1, 0.15) is 0 Å². The molecular weight excluding hydrogens is 300 g/mol. The maximum Gasteiger partial charge on any atom is 0.222 e. The number of carbonyl (C=O) groups excluding carboxylic acids is 1. The summed E-state index contributed by atoms with van der Waals surface area (Å²) in [5.74, 6) is 0.322. The number of benzene rings is 2. The largest absolute Gasteiger partial charge is 0.342 e. The maximum absolute atomic E-state index is 12.0. The van der Waals surface area contributed by atoms with Gasteiger partial charge in [0.15, 0.2) is 0 Å². The van der Waals surface area contributed by atoms with Crippen molar-refractivity contribution in [2.75, 3.05) is 19.6 Å². The molecule has 2 aromatic rings. The van der Waals surface area contributed by atoms with E-state index in [2.05, 4.69) is 46.4 Å². The molecule has 0 aliphatic carbocycles. The standard InChI is InChI=1S/C19H20N4O/c20-22-21-13-16-12-19(24)23(14-16)11-10-15-6-8-18(9-7-15)17-4-2-1-3-5-17/h1-9,16H,10-14H2. The van der Waals surface area contributed by atoms with Crippen molar-refractivity contribution in [2.45, 2.75) is 12.8 Å². The Hall–Kier alpha value is -2.78. The first-order valence-corrected chi connectivity index (χ1v) is 8.19. The van der Waals surface area contributed by atoms with Crippen molar-refractivity contribution in [3.63, 3.8) is 0 Å². The lowest BCUT2D eigenvalue weighted by Crippen LogP contribution is -2.27. The lowest BCUT2D eigenvalue weighted by Gasteiger charge is -2.16. The average Bonchev–Trinajstić information content (AvgIpc) is 2.99.